The van der Waals surface area contributed by atoms with E-state index < -0.39 is 0 Å². The highest BCUT2D eigenvalue weighted by molar-refractivity contribution is 5.99. The summed E-state index contributed by atoms with van der Waals surface area (Å²) in [5.74, 6) is 1.42. The molecular formula is C27H31N3O2. The molecular weight excluding hydrogens is 398 g/mol. The maximum atomic E-state index is 12.5. The molecule has 0 bridgehead atoms. The number of anilines is 2. The highest BCUT2D eigenvalue weighted by Gasteiger charge is 2.19. The van der Waals surface area contributed by atoms with Crippen LogP contribution >= 0.6 is 0 Å². The van der Waals surface area contributed by atoms with Crippen LogP contribution < -0.4 is 15.4 Å². The Balaban J connectivity index is 1.32. The molecule has 3 aromatic carbocycles. The maximum absolute atomic E-state index is 12.5. The van der Waals surface area contributed by atoms with E-state index in [1.165, 1.54) is 17.5 Å². The minimum atomic E-state index is -0.258. The van der Waals surface area contributed by atoms with Crippen LogP contribution in [0.1, 0.15) is 23.1 Å². The second-order valence-electron chi connectivity index (χ2n) is 8.74. The number of carbonyl (C=O) groups is 1. The summed E-state index contributed by atoms with van der Waals surface area (Å²) in [6, 6.07) is 23.5. The topological polar surface area (TPSA) is 53.6 Å². The molecule has 32 heavy (non-hydrogen) atoms. The average Bonchev–Trinajstić information content (AvgIpc) is 2.78. The van der Waals surface area contributed by atoms with E-state index in [1.54, 1.807) is 0 Å². The van der Waals surface area contributed by atoms with Crippen molar-refractivity contribution >= 4 is 17.4 Å². The van der Waals surface area contributed by atoms with Gasteiger partial charge in [-0.05, 0) is 80.2 Å². The molecule has 2 N–H and O–H groups in total. The van der Waals surface area contributed by atoms with Gasteiger partial charge in [0.25, 0.3) is 0 Å². The lowest BCUT2D eigenvalue weighted by atomic mass is 9.83. The Labute approximate surface area is 190 Å². The maximum Gasteiger partial charge on any atom is 0.323 e. The standard InChI is InChI=1S/C27H31N3O2/c1-30(2)18-21-11-12-23-16-25(14-13-22(23)15-21)29-27(31)28-24-9-6-10-26(17-24)32-19-20-7-4-3-5-8-20/h3-10,13-14,16-17,21H,11-12,15,18-19H2,1-2H3,(H2,28,29,31). The number of benzene rings is 3. The first-order chi connectivity index (χ1) is 15.5. The highest BCUT2D eigenvalue weighted by Crippen LogP contribution is 2.28. The van der Waals surface area contributed by atoms with Crippen LogP contribution in [-0.4, -0.2) is 31.6 Å². The summed E-state index contributed by atoms with van der Waals surface area (Å²) >= 11 is 0. The molecule has 1 aliphatic carbocycles. The second kappa shape index (κ2) is 10.3. The Hall–Kier alpha value is -3.31. The van der Waals surface area contributed by atoms with Crippen LogP contribution in [0.25, 0.3) is 0 Å². The Morgan fingerprint density at radius 2 is 1.72 bits per heavy atom. The van der Waals surface area contributed by atoms with Crippen molar-refractivity contribution < 1.29 is 9.53 Å². The first kappa shape index (κ1) is 21.9. The van der Waals surface area contributed by atoms with Crippen molar-refractivity contribution in [1.29, 1.82) is 0 Å². The zero-order valence-electron chi connectivity index (χ0n) is 18.8. The van der Waals surface area contributed by atoms with Gasteiger partial charge in [0.05, 0.1) is 0 Å². The lowest BCUT2D eigenvalue weighted by Gasteiger charge is -2.27. The van der Waals surface area contributed by atoms with E-state index in [4.69, 9.17) is 4.74 Å². The van der Waals surface area contributed by atoms with E-state index in [0.717, 1.165) is 30.6 Å². The van der Waals surface area contributed by atoms with Gasteiger partial charge in [0.2, 0.25) is 0 Å². The van der Waals surface area contributed by atoms with Crippen LogP contribution in [0.5, 0.6) is 5.75 Å². The SMILES string of the molecule is CN(C)CC1CCc2cc(NC(=O)Nc3cccc(OCc4ccccc4)c3)ccc2C1. The zero-order chi connectivity index (χ0) is 22.3. The summed E-state index contributed by atoms with van der Waals surface area (Å²) in [5, 5.41) is 5.86. The van der Waals surface area contributed by atoms with Crippen LogP contribution in [0, 0.1) is 5.92 Å². The number of nitrogens with zero attached hydrogens (tertiary/aromatic N) is 1. The molecule has 166 valence electrons. The molecule has 3 aromatic rings. The van der Waals surface area contributed by atoms with Gasteiger partial charge < -0.3 is 20.3 Å². The van der Waals surface area contributed by atoms with Gasteiger partial charge in [0.15, 0.2) is 0 Å². The van der Waals surface area contributed by atoms with Crippen molar-refractivity contribution in [2.24, 2.45) is 5.92 Å². The van der Waals surface area contributed by atoms with E-state index in [0.29, 0.717) is 24.0 Å². The van der Waals surface area contributed by atoms with Crippen LogP contribution in [-0.2, 0) is 19.4 Å². The fourth-order valence-electron chi connectivity index (χ4n) is 4.28. The smallest absolute Gasteiger partial charge is 0.323 e. The quantitative estimate of drug-likeness (QED) is 0.516. The summed E-state index contributed by atoms with van der Waals surface area (Å²) in [6.07, 6.45) is 3.36. The summed E-state index contributed by atoms with van der Waals surface area (Å²) in [7, 11) is 4.26. The average molecular weight is 430 g/mol. The monoisotopic (exact) mass is 429 g/mol. The molecule has 0 spiro atoms. The number of nitrogens with one attached hydrogen (secondary N) is 2. The van der Waals surface area contributed by atoms with Crippen LogP contribution in [0.2, 0.25) is 0 Å². The number of fused-ring (bicyclic) bond motifs is 1. The van der Waals surface area contributed by atoms with Gasteiger partial charge >= 0.3 is 6.03 Å². The van der Waals surface area contributed by atoms with Crippen molar-refractivity contribution in [3.8, 4) is 5.75 Å². The fraction of sp³-hybridized carbons (Fsp3) is 0.296. The first-order valence-corrected chi connectivity index (χ1v) is 11.2. The molecule has 0 saturated carbocycles. The number of hydrogen-bond donors (Lipinski definition) is 2. The number of amides is 2. The van der Waals surface area contributed by atoms with Crippen LogP contribution in [0.15, 0.2) is 72.8 Å². The van der Waals surface area contributed by atoms with E-state index in [9.17, 15) is 4.79 Å². The predicted octanol–water partition coefficient (Wildman–Crippen LogP) is 5.58. The third kappa shape index (κ3) is 6.11. The van der Waals surface area contributed by atoms with E-state index >= 15 is 0 Å². The van der Waals surface area contributed by atoms with E-state index in [1.807, 2.05) is 60.7 Å². The third-order valence-corrected chi connectivity index (χ3v) is 5.76. The molecule has 5 nitrogen and oxygen atoms in total. The molecule has 1 aliphatic rings. The molecule has 0 fully saturated rings. The largest absolute Gasteiger partial charge is 0.489 e. The highest BCUT2D eigenvalue weighted by atomic mass is 16.5. The normalized spacial score (nSPS) is 15.2. The van der Waals surface area contributed by atoms with Crippen molar-refractivity contribution in [2.75, 3.05) is 31.3 Å². The number of hydrogen-bond acceptors (Lipinski definition) is 3. The number of urea groups is 1. The van der Waals surface area contributed by atoms with Gasteiger partial charge in [0.1, 0.15) is 12.4 Å². The molecule has 2 amide bonds. The molecule has 0 saturated heterocycles. The molecule has 1 unspecified atom stereocenters. The number of rotatable bonds is 7. The summed E-state index contributed by atoms with van der Waals surface area (Å²) in [4.78, 5) is 14.8. The van der Waals surface area contributed by atoms with Gasteiger partial charge in [-0.25, -0.2) is 4.79 Å². The molecule has 1 atom stereocenters. The minimum absolute atomic E-state index is 0.258. The lowest BCUT2D eigenvalue weighted by Crippen LogP contribution is -2.26. The van der Waals surface area contributed by atoms with Crippen molar-refractivity contribution in [3.05, 3.63) is 89.5 Å². The summed E-state index contributed by atoms with van der Waals surface area (Å²) in [5.41, 5.74) is 5.36. The molecule has 0 aliphatic heterocycles. The molecule has 5 heteroatoms. The van der Waals surface area contributed by atoms with E-state index in [2.05, 4.69) is 41.8 Å². The summed E-state index contributed by atoms with van der Waals surface area (Å²) < 4.78 is 5.85. The number of carbonyl (C=O) groups excluding carboxylic acids is 1. The Morgan fingerprint density at radius 3 is 2.50 bits per heavy atom. The van der Waals surface area contributed by atoms with Gasteiger partial charge in [0, 0.05) is 24.0 Å². The Kier molecular flexibility index (Phi) is 7.07. The van der Waals surface area contributed by atoms with E-state index in [-0.39, 0.29) is 6.03 Å². The van der Waals surface area contributed by atoms with Crippen LogP contribution in [0.4, 0.5) is 16.2 Å². The Bertz CT molecular complexity index is 1050. The van der Waals surface area contributed by atoms with Gasteiger partial charge in [-0.1, -0.05) is 42.5 Å². The fourth-order valence-corrected chi connectivity index (χ4v) is 4.28. The molecule has 0 aromatic heterocycles. The van der Waals surface area contributed by atoms with Gasteiger partial charge in [-0.2, -0.15) is 0 Å². The van der Waals surface area contributed by atoms with Gasteiger partial charge in [-0.15, -0.1) is 0 Å². The van der Waals surface area contributed by atoms with Crippen molar-refractivity contribution in [3.63, 3.8) is 0 Å². The van der Waals surface area contributed by atoms with Crippen molar-refractivity contribution in [1.82, 2.24) is 4.90 Å². The molecule has 4 rings (SSSR count). The first-order valence-electron chi connectivity index (χ1n) is 11.2. The lowest BCUT2D eigenvalue weighted by molar-refractivity contribution is 0.262. The predicted molar refractivity (Wildman–Crippen MR) is 130 cm³/mol. The van der Waals surface area contributed by atoms with Gasteiger partial charge in [-0.3, -0.25) is 0 Å². The van der Waals surface area contributed by atoms with Crippen LogP contribution in [0.3, 0.4) is 0 Å². The zero-order valence-corrected chi connectivity index (χ0v) is 18.8. The van der Waals surface area contributed by atoms with Crippen molar-refractivity contribution in [2.45, 2.75) is 25.9 Å². The number of aryl methyl sites for hydroxylation is 1. The minimum Gasteiger partial charge on any atom is -0.489 e. The third-order valence-electron chi connectivity index (χ3n) is 5.76. The second-order valence-corrected chi connectivity index (χ2v) is 8.74. The summed E-state index contributed by atoms with van der Waals surface area (Å²) in [6.45, 7) is 1.61. The molecule has 0 heterocycles. The number of ether oxygens (including phenoxy) is 1. The molecule has 0 radical (unpaired) electrons. The Morgan fingerprint density at radius 1 is 0.938 bits per heavy atom.